The number of carbonyl (C=O) groups excluding carboxylic acids is 1. The molecule has 1 aliphatic carbocycles. The third-order valence-electron chi connectivity index (χ3n) is 4.19. The fourth-order valence-electron chi connectivity index (χ4n) is 2.79. The van der Waals surface area contributed by atoms with Gasteiger partial charge in [-0.2, -0.15) is 5.10 Å². The summed E-state index contributed by atoms with van der Waals surface area (Å²) in [5.74, 6) is 1.28. The van der Waals surface area contributed by atoms with Gasteiger partial charge in [0.05, 0.1) is 11.1 Å². The third-order valence-corrected chi connectivity index (χ3v) is 5.42. The smallest absolute Gasteiger partial charge is 0.281 e. The lowest BCUT2D eigenvalue weighted by Crippen LogP contribution is -2.18. The molecule has 2 heterocycles. The second kappa shape index (κ2) is 6.48. The number of carbonyl (C=O) groups is 1. The zero-order valence-corrected chi connectivity index (χ0v) is 13.7. The minimum atomic E-state index is -0.140. The van der Waals surface area contributed by atoms with Crippen LogP contribution in [-0.4, -0.2) is 11.6 Å². The quantitative estimate of drug-likeness (QED) is 0.684. The van der Waals surface area contributed by atoms with Crippen molar-refractivity contribution in [3.63, 3.8) is 0 Å². The van der Waals surface area contributed by atoms with E-state index in [-0.39, 0.29) is 5.91 Å². The van der Waals surface area contributed by atoms with E-state index in [0.29, 0.717) is 11.5 Å². The number of hydrogen-bond donors (Lipinski definition) is 1. The van der Waals surface area contributed by atoms with Crippen LogP contribution in [0.4, 0.5) is 0 Å². The molecule has 0 radical (unpaired) electrons. The first-order valence-electron chi connectivity index (χ1n) is 7.67. The van der Waals surface area contributed by atoms with Gasteiger partial charge in [-0.1, -0.05) is 13.3 Å². The molecule has 0 aromatic carbocycles. The predicted octanol–water partition coefficient (Wildman–Crippen LogP) is 4.01. The summed E-state index contributed by atoms with van der Waals surface area (Å²) < 4.78 is 5.24. The number of furan rings is 1. The summed E-state index contributed by atoms with van der Waals surface area (Å²) in [5, 5.41) is 4.11. The van der Waals surface area contributed by atoms with Gasteiger partial charge in [0.15, 0.2) is 0 Å². The molecule has 1 atom stereocenters. The Morgan fingerprint density at radius 1 is 1.55 bits per heavy atom. The lowest BCUT2D eigenvalue weighted by Gasteiger charge is -2.19. The van der Waals surface area contributed by atoms with Crippen molar-refractivity contribution in [2.45, 2.75) is 39.5 Å². The van der Waals surface area contributed by atoms with Gasteiger partial charge >= 0.3 is 0 Å². The minimum Gasteiger partial charge on any atom is -0.463 e. The number of aryl methyl sites for hydroxylation is 1. The highest BCUT2D eigenvalue weighted by molar-refractivity contribution is 7.14. The van der Waals surface area contributed by atoms with Crippen molar-refractivity contribution in [3.05, 3.63) is 45.5 Å². The highest BCUT2D eigenvalue weighted by Crippen LogP contribution is 2.33. The molecule has 0 saturated carbocycles. The van der Waals surface area contributed by atoms with Gasteiger partial charge < -0.3 is 4.42 Å². The molecule has 22 heavy (non-hydrogen) atoms. The maximum atomic E-state index is 12.2. The van der Waals surface area contributed by atoms with Crippen molar-refractivity contribution in [1.29, 1.82) is 0 Å². The van der Waals surface area contributed by atoms with Crippen LogP contribution in [0.15, 0.2) is 34.0 Å². The molecule has 116 valence electrons. The number of fused-ring (bicyclic) bond motifs is 1. The molecule has 4 nitrogen and oxygen atoms in total. The summed E-state index contributed by atoms with van der Waals surface area (Å²) in [5.41, 5.74) is 4.63. The Balaban J connectivity index is 1.69. The maximum absolute atomic E-state index is 12.2. The SMILES string of the molecule is CC[C@H]1CCc2sc(C(=O)N/N=C(/C)c3ccco3)cc2C1. The number of hydrogen-bond acceptors (Lipinski definition) is 4. The van der Waals surface area contributed by atoms with E-state index in [0.717, 1.165) is 23.6 Å². The fraction of sp³-hybridized carbons (Fsp3) is 0.412. The minimum absolute atomic E-state index is 0.140. The normalized spacial score (nSPS) is 18.1. The van der Waals surface area contributed by atoms with E-state index in [1.54, 1.807) is 23.7 Å². The molecule has 5 heteroatoms. The molecule has 2 aromatic heterocycles. The van der Waals surface area contributed by atoms with E-state index >= 15 is 0 Å². The summed E-state index contributed by atoms with van der Waals surface area (Å²) in [6, 6.07) is 5.66. The van der Waals surface area contributed by atoms with E-state index in [2.05, 4.69) is 17.5 Å². The van der Waals surface area contributed by atoms with E-state index in [9.17, 15) is 4.79 Å². The molecule has 2 aromatic rings. The second-order valence-electron chi connectivity index (χ2n) is 5.69. The van der Waals surface area contributed by atoms with Gasteiger partial charge in [0, 0.05) is 4.88 Å². The first-order chi connectivity index (χ1) is 10.7. The van der Waals surface area contributed by atoms with Gasteiger partial charge in [-0.3, -0.25) is 4.79 Å². The first kappa shape index (κ1) is 15.0. The zero-order valence-electron chi connectivity index (χ0n) is 12.9. The summed E-state index contributed by atoms with van der Waals surface area (Å²) in [4.78, 5) is 14.4. The van der Waals surface area contributed by atoms with Crippen molar-refractivity contribution in [1.82, 2.24) is 5.43 Å². The Hall–Kier alpha value is -1.88. The van der Waals surface area contributed by atoms with Gasteiger partial charge in [0.25, 0.3) is 5.91 Å². The van der Waals surface area contributed by atoms with Crippen LogP contribution in [0.25, 0.3) is 0 Å². The van der Waals surface area contributed by atoms with E-state index < -0.39 is 0 Å². The Kier molecular flexibility index (Phi) is 4.43. The Labute approximate surface area is 134 Å². The number of rotatable bonds is 4. The maximum Gasteiger partial charge on any atom is 0.281 e. The van der Waals surface area contributed by atoms with Crippen LogP contribution < -0.4 is 5.43 Å². The number of hydrazone groups is 1. The van der Waals surface area contributed by atoms with Crippen LogP contribution in [0.3, 0.4) is 0 Å². The number of nitrogens with zero attached hydrogens (tertiary/aromatic N) is 1. The molecule has 3 rings (SSSR count). The molecule has 1 amide bonds. The molecule has 0 aliphatic heterocycles. The van der Waals surface area contributed by atoms with Crippen molar-refractivity contribution < 1.29 is 9.21 Å². The second-order valence-corrected chi connectivity index (χ2v) is 6.83. The number of amides is 1. The zero-order chi connectivity index (χ0) is 15.5. The molecular formula is C17H20N2O2S. The third kappa shape index (κ3) is 3.14. The van der Waals surface area contributed by atoms with Crippen LogP contribution in [0, 0.1) is 5.92 Å². The molecule has 1 N–H and O–H groups in total. The van der Waals surface area contributed by atoms with Gasteiger partial charge in [-0.15, -0.1) is 11.3 Å². The van der Waals surface area contributed by atoms with Crippen molar-refractivity contribution >= 4 is 23.0 Å². The van der Waals surface area contributed by atoms with Gasteiger partial charge in [0.1, 0.15) is 11.5 Å². The topological polar surface area (TPSA) is 54.6 Å². The average Bonchev–Trinajstić information content (AvgIpc) is 3.20. The molecule has 0 spiro atoms. The Morgan fingerprint density at radius 2 is 2.41 bits per heavy atom. The lowest BCUT2D eigenvalue weighted by atomic mass is 9.87. The molecular weight excluding hydrogens is 296 g/mol. The van der Waals surface area contributed by atoms with Gasteiger partial charge in [0.2, 0.25) is 0 Å². The van der Waals surface area contributed by atoms with Crippen LogP contribution in [-0.2, 0) is 12.8 Å². The fourth-order valence-corrected chi connectivity index (χ4v) is 3.89. The van der Waals surface area contributed by atoms with Gasteiger partial charge in [-0.05, 0) is 55.9 Å². The molecule has 0 saturated heterocycles. The average molecular weight is 316 g/mol. The summed E-state index contributed by atoms with van der Waals surface area (Å²) >= 11 is 1.60. The summed E-state index contributed by atoms with van der Waals surface area (Å²) in [6.45, 7) is 4.05. The highest BCUT2D eigenvalue weighted by Gasteiger charge is 2.21. The number of nitrogens with one attached hydrogen (secondary N) is 1. The first-order valence-corrected chi connectivity index (χ1v) is 8.49. The largest absolute Gasteiger partial charge is 0.463 e. The molecule has 1 aliphatic rings. The lowest BCUT2D eigenvalue weighted by molar-refractivity contribution is 0.0959. The van der Waals surface area contributed by atoms with Gasteiger partial charge in [-0.25, -0.2) is 5.43 Å². The molecule has 0 fully saturated rings. The predicted molar refractivity (Wildman–Crippen MR) is 88.5 cm³/mol. The van der Waals surface area contributed by atoms with Crippen molar-refractivity contribution in [2.75, 3.05) is 0 Å². The van der Waals surface area contributed by atoms with Crippen LogP contribution in [0.2, 0.25) is 0 Å². The van der Waals surface area contributed by atoms with Crippen molar-refractivity contribution in [2.24, 2.45) is 11.0 Å². The monoisotopic (exact) mass is 316 g/mol. The van der Waals surface area contributed by atoms with E-state index in [1.165, 1.54) is 23.3 Å². The molecule has 0 unspecified atom stereocenters. The van der Waals surface area contributed by atoms with E-state index in [1.807, 2.05) is 19.1 Å². The van der Waals surface area contributed by atoms with Crippen LogP contribution in [0.5, 0.6) is 0 Å². The standard InChI is InChI=1S/C17H20N2O2S/c1-3-12-6-7-15-13(9-12)10-16(22-15)17(20)19-18-11(2)14-5-4-8-21-14/h4-5,8,10,12H,3,6-7,9H2,1-2H3,(H,19,20)/b18-11-/t12-/m0/s1. The van der Waals surface area contributed by atoms with Crippen LogP contribution in [0.1, 0.15) is 52.6 Å². The van der Waals surface area contributed by atoms with Crippen LogP contribution >= 0.6 is 11.3 Å². The number of thiophene rings is 1. The molecule has 0 bridgehead atoms. The van der Waals surface area contributed by atoms with Crippen molar-refractivity contribution in [3.8, 4) is 0 Å². The Bertz CT molecular complexity index is 686. The highest BCUT2D eigenvalue weighted by atomic mass is 32.1. The summed E-state index contributed by atoms with van der Waals surface area (Å²) in [6.07, 6.45) is 6.24. The summed E-state index contributed by atoms with van der Waals surface area (Å²) in [7, 11) is 0. The van der Waals surface area contributed by atoms with E-state index in [4.69, 9.17) is 4.42 Å². The Morgan fingerprint density at radius 3 is 3.14 bits per heavy atom.